The Hall–Kier alpha value is -3.62. The van der Waals surface area contributed by atoms with E-state index in [1.165, 1.54) is 24.4 Å². The maximum Gasteiger partial charge on any atom is 0.293 e. The van der Waals surface area contributed by atoms with Crippen molar-refractivity contribution < 1.29 is 18.8 Å². The van der Waals surface area contributed by atoms with Crippen molar-refractivity contribution in [3.05, 3.63) is 64.5 Å². The maximum absolute atomic E-state index is 13.5. The number of Topliss-reactive ketones (excluding diaryl/α,β-unsaturated/α-hetero) is 1. The van der Waals surface area contributed by atoms with Crippen molar-refractivity contribution in [2.24, 2.45) is 11.5 Å². The number of carbonyl (C=O) groups is 3. The van der Waals surface area contributed by atoms with Crippen LogP contribution in [0.15, 0.2) is 36.2 Å². The highest BCUT2D eigenvalue weighted by molar-refractivity contribution is 6.44. The quantitative estimate of drug-likeness (QED) is 0.413. The van der Waals surface area contributed by atoms with E-state index in [0.29, 0.717) is 54.1 Å². The molecule has 2 aromatic rings. The Labute approximate surface area is 178 Å². The van der Waals surface area contributed by atoms with E-state index in [4.69, 9.17) is 11.5 Å². The fraction of sp³-hybridized carbons (Fsp3) is 0.318. The van der Waals surface area contributed by atoms with Gasteiger partial charge in [-0.2, -0.15) is 0 Å². The van der Waals surface area contributed by atoms with Crippen molar-refractivity contribution in [2.45, 2.75) is 44.7 Å². The van der Waals surface area contributed by atoms with Crippen LogP contribution in [0.4, 0.5) is 10.1 Å². The Morgan fingerprint density at radius 3 is 2.65 bits per heavy atom. The van der Waals surface area contributed by atoms with Crippen molar-refractivity contribution in [1.82, 2.24) is 9.88 Å². The molecule has 9 heteroatoms. The number of benzene rings is 1. The van der Waals surface area contributed by atoms with Crippen LogP contribution in [0.25, 0.3) is 0 Å². The first-order valence-electron chi connectivity index (χ1n) is 10.1. The summed E-state index contributed by atoms with van der Waals surface area (Å²) in [6.07, 6.45) is 3.79. The van der Waals surface area contributed by atoms with Crippen LogP contribution in [0.1, 0.15) is 51.4 Å². The minimum atomic E-state index is -0.775. The highest BCUT2D eigenvalue weighted by Crippen LogP contribution is 2.40. The van der Waals surface area contributed by atoms with Gasteiger partial charge in [-0.15, -0.1) is 0 Å². The summed E-state index contributed by atoms with van der Waals surface area (Å²) in [5, 5.41) is 5.38. The SMILES string of the molecule is Cc1c(C(=O)C(=O)NC2(/C(N)=C/N)CC2)c2n(c1C(=O)Nc1cccc(F)c1)CCC2. The number of hydrogen-bond acceptors (Lipinski definition) is 5. The monoisotopic (exact) mass is 425 g/mol. The highest BCUT2D eigenvalue weighted by Gasteiger charge is 2.48. The Morgan fingerprint density at radius 2 is 2.00 bits per heavy atom. The highest BCUT2D eigenvalue weighted by atomic mass is 19.1. The van der Waals surface area contributed by atoms with Gasteiger partial charge in [-0.25, -0.2) is 4.39 Å². The average molecular weight is 425 g/mol. The molecule has 0 radical (unpaired) electrons. The molecule has 4 rings (SSSR count). The Morgan fingerprint density at radius 1 is 1.26 bits per heavy atom. The minimum Gasteiger partial charge on any atom is -0.403 e. The molecule has 31 heavy (non-hydrogen) atoms. The number of amides is 2. The number of carbonyl (C=O) groups excluding carboxylic acids is 3. The molecule has 0 spiro atoms. The second-order valence-electron chi connectivity index (χ2n) is 8.00. The minimum absolute atomic E-state index is 0.241. The molecule has 1 saturated carbocycles. The van der Waals surface area contributed by atoms with Gasteiger partial charge in [0.1, 0.15) is 11.5 Å². The number of nitrogens with zero attached hydrogens (tertiary/aromatic N) is 1. The number of fused-ring (bicyclic) bond motifs is 1. The zero-order chi connectivity index (χ0) is 22.3. The van der Waals surface area contributed by atoms with Crippen LogP contribution in [0.3, 0.4) is 0 Å². The molecular weight excluding hydrogens is 401 g/mol. The van der Waals surface area contributed by atoms with Crippen molar-refractivity contribution in [3.8, 4) is 0 Å². The molecule has 2 aliphatic rings. The summed E-state index contributed by atoms with van der Waals surface area (Å²) in [5.41, 5.74) is 12.8. The van der Waals surface area contributed by atoms with E-state index in [2.05, 4.69) is 10.6 Å². The molecule has 1 fully saturated rings. The normalized spacial score (nSPS) is 16.5. The van der Waals surface area contributed by atoms with E-state index in [0.717, 1.165) is 6.42 Å². The van der Waals surface area contributed by atoms with E-state index in [1.54, 1.807) is 17.6 Å². The second-order valence-corrected chi connectivity index (χ2v) is 8.00. The maximum atomic E-state index is 13.5. The summed E-state index contributed by atoms with van der Waals surface area (Å²) in [5.74, 6) is -2.41. The molecule has 162 valence electrons. The summed E-state index contributed by atoms with van der Waals surface area (Å²) >= 11 is 0. The molecule has 1 aromatic carbocycles. The number of nitrogens with two attached hydrogens (primary N) is 2. The van der Waals surface area contributed by atoms with E-state index < -0.39 is 29.0 Å². The largest absolute Gasteiger partial charge is 0.403 e. The van der Waals surface area contributed by atoms with Gasteiger partial charge in [0, 0.05) is 29.8 Å². The Kier molecular flexibility index (Phi) is 5.04. The van der Waals surface area contributed by atoms with Crippen LogP contribution in [0.2, 0.25) is 0 Å². The molecule has 2 amide bonds. The second kappa shape index (κ2) is 7.57. The van der Waals surface area contributed by atoms with Gasteiger partial charge in [-0.05, 0) is 56.4 Å². The fourth-order valence-corrected chi connectivity index (χ4v) is 4.23. The van der Waals surface area contributed by atoms with E-state index in [-0.39, 0.29) is 5.56 Å². The zero-order valence-electron chi connectivity index (χ0n) is 17.1. The first-order chi connectivity index (χ1) is 14.8. The standard InChI is InChI=1S/C22H24FN5O3/c1-12-17(19(29)21(31)27-22(7-8-22)16(25)11-24)15-6-3-9-28(15)18(12)20(30)26-14-5-2-4-13(23)10-14/h2,4-5,10-11H,3,6-9,24-25H2,1H3,(H,26,30)(H,27,31)/b16-11-. The van der Waals surface area contributed by atoms with Crippen LogP contribution in [0, 0.1) is 12.7 Å². The summed E-state index contributed by atoms with van der Waals surface area (Å²) in [6, 6.07) is 5.57. The van der Waals surface area contributed by atoms with E-state index in [1.807, 2.05) is 0 Å². The van der Waals surface area contributed by atoms with Gasteiger partial charge in [0.2, 0.25) is 0 Å². The van der Waals surface area contributed by atoms with Gasteiger partial charge in [-0.1, -0.05) is 6.07 Å². The van der Waals surface area contributed by atoms with Crippen LogP contribution in [0.5, 0.6) is 0 Å². The molecule has 0 unspecified atom stereocenters. The number of ketones is 1. The number of anilines is 1. The van der Waals surface area contributed by atoms with Crippen LogP contribution in [-0.2, 0) is 17.8 Å². The smallest absolute Gasteiger partial charge is 0.293 e. The first kappa shape index (κ1) is 20.6. The summed E-state index contributed by atoms with van der Waals surface area (Å²) in [7, 11) is 0. The third-order valence-corrected chi connectivity index (χ3v) is 5.98. The molecule has 6 N–H and O–H groups in total. The molecule has 8 nitrogen and oxygen atoms in total. The zero-order valence-corrected chi connectivity index (χ0v) is 17.1. The summed E-state index contributed by atoms with van der Waals surface area (Å²) in [6.45, 7) is 2.21. The van der Waals surface area contributed by atoms with E-state index in [9.17, 15) is 18.8 Å². The lowest BCUT2D eigenvalue weighted by Crippen LogP contribution is -2.44. The summed E-state index contributed by atoms with van der Waals surface area (Å²) < 4.78 is 15.2. The van der Waals surface area contributed by atoms with Crippen molar-refractivity contribution in [2.75, 3.05) is 5.32 Å². The third-order valence-electron chi connectivity index (χ3n) is 5.98. The van der Waals surface area contributed by atoms with Gasteiger partial charge in [0.15, 0.2) is 0 Å². The lowest BCUT2D eigenvalue weighted by Gasteiger charge is -2.17. The Balaban J connectivity index is 1.63. The molecule has 0 bridgehead atoms. The molecule has 0 saturated heterocycles. The number of nitrogens with one attached hydrogen (secondary N) is 2. The predicted molar refractivity (Wildman–Crippen MR) is 113 cm³/mol. The van der Waals surface area contributed by atoms with Crippen molar-refractivity contribution >= 4 is 23.3 Å². The van der Waals surface area contributed by atoms with Gasteiger partial charge < -0.3 is 26.7 Å². The first-order valence-corrected chi connectivity index (χ1v) is 10.1. The van der Waals surface area contributed by atoms with E-state index >= 15 is 0 Å². The third kappa shape index (κ3) is 3.56. The Bertz CT molecular complexity index is 1130. The van der Waals surface area contributed by atoms with Crippen molar-refractivity contribution in [1.29, 1.82) is 0 Å². The molecule has 0 atom stereocenters. The van der Waals surface area contributed by atoms with Crippen LogP contribution in [-0.4, -0.2) is 27.7 Å². The molecular formula is C22H24FN5O3. The summed E-state index contributed by atoms with van der Waals surface area (Å²) in [4.78, 5) is 38.8. The van der Waals surface area contributed by atoms with Crippen molar-refractivity contribution in [3.63, 3.8) is 0 Å². The molecule has 1 aromatic heterocycles. The fourth-order valence-electron chi connectivity index (χ4n) is 4.23. The topological polar surface area (TPSA) is 132 Å². The number of hydrogen-bond donors (Lipinski definition) is 4. The molecule has 1 aliphatic heterocycles. The number of halogens is 1. The molecule has 1 aliphatic carbocycles. The molecule has 2 heterocycles. The van der Waals surface area contributed by atoms with Gasteiger partial charge in [-0.3, -0.25) is 14.4 Å². The van der Waals surface area contributed by atoms with Gasteiger partial charge in [0.25, 0.3) is 17.6 Å². The average Bonchev–Trinajstić information content (AvgIpc) is 3.26. The number of aromatic nitrogens is 1. The van der Waals surface area contributed by atoms with Crippen LogP contribution < -0.4 is 22.1 Å². The number of rotatable bonds is 6. The predicted octanol–water partition coefficient (Wildman–Crippen LogP) is 1.72. The van der Waals surface area contributed by atoms with Gasteiger partial charge >= 0.3 is 0 Å². The van der Waals surface area contributed by atoms with Crippen LogP contribution >= 0.6 is 0 Å². The van der Waals surface area contributed by atoms with Gasteiger partial charge in [0.05, 0.1) is 11.1 Å². The lowest BCUT2D eigenvalue weighted by molar-refractivity contribution is -0.117. The lowest BCUT2D eigenvalue weighted by atomic mass is 10.0.